The minimum Gasteiger partial charge on any atom is -0.361 e. The topological polar surface area (TPSA) is 77.5 Å². The van der Waals surface area contributed by atoms with Crippen molar-refractivity contribution in [1.82, 2.24) is 24.8 Å². The highest BCUT2D eigenvalue weighted by Gasteiger charge is 2.28. The number of hydrogen-bond acceptors (Lipinski definition) is 8. The molecule has 0 bridgehead atoms. The van der Waals surface area contributed by atoms with Gasteiger partial charge in [0.2, 0.25) is 5.95 Å². The molecule has 194 valence electrons. The van der Waals surface area contributed by atoms with Gasteiger partial charge in [-0.15, -0.1) is 0 Å². The Morgan fingerprint density at radius 1 is 1.03 bits per heavy atom. The number of halogens is 2. The second kappa shape index (κ2) is 10.5. The fourth-order valence-corrected chi connectivity index (χ4v) is 4.78. The molecule has 0 saturated carbocycles. The number of ketones is 1. The van der Waals surface area contributed by atoms with Crippen LogP contribution < -0.4 is 10.2 Å². The van der Waals surface area contributed by atoms with Crippen molar-refractivity contribution in [2.45, 2.75) is 32.9 Å². The molecular formula is C27H31F2N7O. The summed E-state index contributed by atoms with van der Waals surface area (Å²) in [6, 6.07) is 6.75. The number of piperazine rings is 1. The first-order valence-electron chi connectivity index (χ1n) is 12.5. The number of nitrogens with one attached hydrogen (secondary N) is 1. The van der Waals surface area contributed by atoms with Crippen molar-refractivity contribution in [3.05, 3.63) is 59.4 Å². The van der Waals surface area contributed by atoms with Crippen LogP contribution >= 0.6 is 0 Å². The molecule has 2 aliphatic heterocycles. The first-order chi connectivity index (χ1) is 17.8. The van der Waals surface area contributed by atoms with Gasteiger partial charge in [-0.25, -0.2) is 23.7 Å². The van der Waals surface area contributed by atoms with Gasteiger partial charge in [0, 0.05) is 68.2 Å². The summed E-state index contributed by atoms with van der Waals surface area (Å²) in [5, 5.41) is 3.02. The van der Waals surface area contributed by atoms with E-state index >= 15 is 4.39 Å². The van der Waals surface area contributed by atoms with Crippen LogP contribution in [0.4, 0.5) is 26.2 Å². The number of likely N-dealkylation sites (N-methyl/N-ethyl adjacent to an activating group) is 1. The Labute approximate surface area is 215 Å². The molecular weight excluding hydrogens is 476 g/mol. The standard InChI is InChI=1S/C27H31F2N7O/c1-17(2)36-16-20(37)12-21-22(28)10-19(11-24(21)36)26-23(29)14-31-27(33-26)32-25-5-4-18(13-30-25)15-35-8-6-34(3)7-9-35/h4-5,10-11,13-14,17H,6-9,12,15-16H2,1-3H3,(H,30,31,32,33). The Morgan fingerprint density at radius 2 is 1.81 bits per heavy atom. The Balaban J connectivity index is 1.36. The summed E-state index contributed by atoms with van der Waals surface area (Å²) < 4.78 is 29.9. The van der Waals surface area contributed by atoms with Crippen LogP contribution in [0.25, 0.3) is 11.3 Å². The van der Waals surface area contributed by atoms with E-state index in [9.17, 15) is 9.18 Å². The van der Waals surface area contributed by atoms with Crippen LogP contribution in [-0.2, 0) is 17.8 Å². The van der Waals surface area contributed by atoms with Crippen molar-refractivity contribution in [1.29, 1.82) is 0 Å². The average Bonchev–Trinajstić information content (AvgIpc) is 2.87. The maximum atomic E-state index is 15.1. The minimum absolute atomic E-state index is 0.0181. The second-order valence-electron chi connectivity index (χ2n) is 10.0. The van der Waals surface area contributed by atoms with Gasteiger partial charge in [-0.3, -0.25) is 9.69 Å². The molecule has 8 nitrogen and oxygen atoms in total. The van der Waals surface area contributed by atoms with E-state index in [4.69, 9.17) is 0 Å². The molecule has 0 unspecified atom stereocenters. The highest BCUT2D eigenvalue weighted by Crippen LogP contribution is 2.35. The molecule has 1 N–H and O–H groups in total. The van der Waals surface area contributed by atoms with Gasteiger partial charge in [0.1, 0.15) is 17.3 Å². The molecule has 2 aliphatic rings. The number of pyridine rings is 1. The fraction of sp³-hybridized carbons (Fsp3) is 0.407. The van der Waals surface area contributed by atoms with E-state index < -0.39 is 11.6 Å². The zero-order chi connectivity index (χ0) is 26.1. The molecule has 0 radical (unpaired) electrons. The summed E-state index contributed by atoms with van der Waals surface area (Å²) in [5.74, 6) is -0.570. The van der Waals surface area contributed by atoms with E-state index in [0.29, 0.717) is 17.1 Å². The number of hydrogen-bond donors (Lipinski definition) is 1. The Morgan fingerprint density at radius 3 is 2.51 bits per heavy atom. The Kier molecular flexibility index (Phi) is 7.12. The van der Waals surface area contributed by atoms with Gasteiger partial charge in [-0.2, -0.15) is 0 Å². The summed E-state index contributed by atoms with van der Waals surface area (Å²) in [6.45, 7) is 9.06. The molecule has 10 heteroatoms. The van der Waals surface area contributed by atoms with Crippen LogP contribution in [0, 0.1) is 11.6 Å². The summed E-state index contributed by atoms with van der Waals surface area (Å²) in [4.78, 5) is 31.5. The molecule has 2 aromatic heterocycles. The third-order valence-electron chi connectivity index (χ3n) is 6.91. The van der Waals surface area contributed by atoms with Crippen LogP contribution in [0.2, 0.25) is 0 Å². The fourth-order valence-electron chi connectivity index (χ4n) is 4.78. The first kappa shape index (κ1) is 25.2. The summed E-state index contributed by atoms with van der Waals surface area (Å²) in [7, 11) is 2.13. The Hall–Kier alpha value is -3.50. The number of benzene rings is 1. The van der Waals surface area contributed by atoms with Crippen LogP contribution in [0.1, 0.15) is 25.0 Å². The molecule has 3 aromatic rings. The number of anilines is 3. The summed E-state index contributed by atoms with van der Waals surface area (Å²) in [6.07, 6.45) is 2.90. The highest BCUT2D eigenvalue weighted by molar-refractivity contribution is 5.91. The molecule has 37 heavy (non-hydrogen) atoms. The van der Waals surface area contributed by atoms with Crippen molar-refractivity contribution in [3.8, 4) is 11.3 Å². The highest BCUT2D eigenvalue weighted by atomic mass is 19.1. The van der Waals surface area contributed by atoms with E-state index in [1.165, 1.54) is 6.07 Å². The molecule has 0 atom stereocenters. The quantitative estimate of drug-likeness (QED) is 0.542. The minimum atomic E-state index is -0.664. The number of carbonyl (C=O) groups is 1. The molecule has 4 heterocycles. The predicted octanol–water partition coefficient (Wildman–Crippen LogP) is 3.65. The smallest absolute Gasteiger partial charge is 0.229 e. The number of rotatable bonds is 6. The van der Waals surface area contributed by atoms with Crippen LogP contribution in [0.3, 0.4) is 0 Å². The lowest BCUT2D eigenvalue weighted by molar-refractivity contribution is -0.117. The van der Waals surface area contributed by atoms with E-state index in [1.807, 2.05) is 37.1 Å². The van der Waals surface area contributed by atoms with E-state index in [0.717, 1.165) is 44.5 Å². The van der Waals surface area contributed by atoms with Crippen LogP contribution in [0.5, 0.6) is 0 Å². The van der Waals surface area contributed by atoms with Gasteiger partial charge in [-0.05, 0) is 44.7 Å². The SMILES string of the molecule is CC(C)N1CC(=O)Cc2c(F)cc(-c3nc(Nc4ccc(CN5CCN(C)CC5)cn4)ncc3F)cc21. The third-order valence-corrected chi connectivity index (χ3v) is 6.91. The summed E-state index contributed by atoms with van der Waals surface area (Å²) >= 11 is 0. The van der Waals surface area contributed by atoms with Crippen molar-refractivity contribution in [2.75, 3.05) is 50.0 Å². The molecule has 1 fully saturated rings. The van der Waals surface area contributed by atoms with Crippen molar-refractivity contribution in [3.63, 3.8) is 0 Å². The predicted molar refractivity (Wildman–Crippen MR) is 139 cm³/mol. The van der Waals surface area contributed by atoms with Crippen LogP contribution in [-0.4, -0.2) is 76.3 Å². The van der Waals surface area contributed by atoms with Gasteiger partial charge in [-0.1, -0.05) is 6.07 Å². The van der Waals surface area contributed by atoms with E-state index in [1.54, 1.807) is 6.07 Å². The number of carbonyl (C=O) groups excluding carboxylic acids is 1. The maximum absolute atomic E-state index is 15.1. The van der Waals surface area contributed by atoms with E-state index in [-0.39, 0.29) is 42.0 Å². The number of Topliss-reactive ketones (excluding diaryl/α,β-unsaturated/α-hetero) is 1. The molecule has 1 aromatic carbocycles. The van der Waals surface area contributed by atoms with Gasteiger partial charge in [0.05, 0.1) is 12.7 Å². The lowest BCUT2D eigenvalue weighted by atomic mass is 9.96. The molecule has 0 amide bonds. The largest absolute Gasteiger partial charge is 0.361 e. The molecule has 1 saturated heterocycles. The monoisotopic (exact) mass is 507 g/mol. The Bertz CT molecular complexity index is 1290. The molecule has 0 spiro atoms. The number of nitrogens with zero attached hydrogens (tertiary/aromatic N) is 6. The second-order valence-corrected chi connectivity index (χ2v) is 10.0. The lowest BCUT2D eigenvalue weighted by Gasteiger charge is -2.34. The van der Waals surface area contributed by atoms with E-state index in [2.05, 4.69) is 37.1 Å². The van der Waals surface area contributed by atoms with Gasteiger partial charge >= 0.3 is 0 Å². The zero-order valence-electron chi connectivity index (χ0n) is 21.3. The normalized spacial score (nSPS) is 16.8. The maximum Gasteiger partial charge on any atom is 0.229 e. The summed E-state index contributed by atoms with van der Waals surface area (Å²) in [5.41, 5.74) is 2.30. The number of aromatic nitrogens is 3. The zero-order valence-corrected chi connectivity index (χ0v) is 21.3. The lowest BCUT2D eigenvalue weighted by Crippen LogP contribution is -2.43. The van der Waals surface area contributed by atoms with Crippen LogP contribution in [0.15, 0.2) is 36.7 Å². The third kappa shape index (κ3) is 5.60. The first-order valence-corrected chi connectivity index (χ1v) is 12.5. The average molecular weight is 508 g/mol. The molecule has 5 rings (SSSR count). The van der Waals surface area contributed by atoms with Gasteiger partial charge < -0.3 is 15.1 Å². The number of fused-ring (bicyclic) bond motifs is 1. The van der Waals surface area contributed by atoms with Crippen molar-refractivity contribution >= 4 is 23.2 Å². The van der Waals surface area contributed by atoms with Crippen molar-refractivity contribution in [2.24, 2.45) is 0 Å². The molecule has 0 aliphatic carbocycles. The van der Waals surface area contributed by atoms with Crippen molar-refractivity contribution < 1.29 is 13.6 Å². The van der Waals surface area contributed by atoms with Gasteiger partial charge in [0.15, 0.2) is 11.6 Å². The van der Waals surface area contributed by atoms with Gasteiger partial charge in [0.25, 0.3) is 0 Å².